The first-order chi connectivity index (χ1) is 7.35. The molecular weight excluding hydrogens is 180 g/mol. The Kier molecular flexibility index (Phi) is 11.6. The Hall–Kier alpha value is -0.260. The van der Waals surface area contributed by atoms with Crippen molar-refractivity contribution in [3.8, 4) is 0 Å². The highest BCUT2D eigenvalue weighted by atomic mass is 14.0. The van der Waals surface area contributed by atoms with Gasteiger partial charge in [0.1, 0.15) is 0 Å². The molecule has 0 aromatic heterocycles. The lowest BCUT2D eigenvalue weighted by molar-refractivity contribution is 0.683. The molecule has 0 bridgehead atoms. The second kappa shape index (κ2) is 11.8. The molecule has 0 saturated carbocycles. The molecule has 89 valence electrons. The van der Waals surface area contributed by atoms with E-state index in [2.05, 4.69) is 26.8 Å². The van der Waals surface area contributed by atoms with Gasteiger partial charge < -0.3 is 0 Å². The normalized spacial score (nSPS) is 10.3. The second-order valence-electron chi connectivity index (χ2n) is 4.44. The van der Waals surface area contributed by atoms with Crippen LogP contribution in [0.2, 0.25) is 0 Å². The fraction of sp³-hybridized carbons (Fsp3) is 0.867. The molecule has 0 unspecified atom stereocenters. The van der Waals surface area contributed by atoms with Crippen LogP contribution in [0.25, 0.3) is 0 Å². The largest absolute Gasteiger partial charge is 0.0667 e. The van der Waals surface area contributed by atoms with Crippen LogP contribution < -0.4 is 0 Å². The molecule has 0 spiro atoms. The van der Waals surface area contributed by atoms with E-state index >= 15 is 0 Å². The Morgan fingerprint density at radius 1 is 0.733 bits per heavy atom. The summed E-state index contributed by atoms with van der Waals surface area (Å²) in [5.41, 5.74) is 1.61. The Labute approximate surface area is 97.2 Å². The van der Waals surface area contributed by atoms with Crippen LogP contribution in [-0.4, -0.2) is 0 Å². The third-order valence-electron chi connectivity index (χ3n) is 2.82. The van der Waals surface area contributed by atoms with Crippen LogP contribution in [0.1, 0.15) is 85.0 Å². The summed E-state index contributed by atoms with van der Waals surface area (Å²) in [5.74, 6) is 0. The van der Waals surface area contributed by atoms with Gasteiger partial charge in [-0.1, -0.05) is 52.0 Å². The van der Waals surface area contributed by atoms with Gasteiger partial charge in [0.05, 0.1) is 0 Å². The van der Waals surface area contributed by atoms with Gasteiger partial charge in [-0.25, -0.2) is 0 Å². The van der Waals surface area contributed by atoms with Crippen LogP contribution in [0.4, 0.5) is 0 Å². The Balaban J connectivity index is 3.74. The minimum Gasteiger partial charge on any atom is -0.0667 e. The van der Waals surface area contributed by atoms with Crippen LogP contribution in [0.3, 0.4) is 0 Å². The Morgan fingerprint density at radius 2 is 1.27 bits per heavy atom. The SMILES string of the molecule is CCCCC[C]=C(CCCC)CCCC. The molecule has 0 rings (SSSR count). The van der Waals surface area contributed by atoms with E-state index in [-0.39, 0.29) is 0 Å². The molecule has 15 heavy (non-hydrogen) atoms. The lowest BCUT2D eigenvalue weighted by Crippen LogP contribution is -1.86. The summed E-state index contributed by atoms with van der Waals surface area (Å²) < 4.78 is 0. The molecule has 1 radical (unpaired) electrons. The van der Waals surface area contributed by atoms with Crippen LogP contribution >= 0.6 is 0 Å². The number of rotatable bonds is 10. The molecule has 0 aliphatic carbocycles. The average molecular weight is 209 g/mol. The summed E-state index contributed by atoms with van der Waals surface area (Å²) in [4.78, 5) is 0. The lowest BCUT2D eigenvalue weighted by atomic mass is 10.0. The molecule has 0 N–H and O–H groups in total. The first kappa shape index (κ1) is 14.7. The minimum absolute atomic E-state index is 1.19. The average Bonchev–Trinajstić information content (AvgIpc) is 2.27. The van der Waals surface area contributed by atoms with Crippen molar-refractivity contribution >= 4 is 0 Å². The van der Waals surface area contributed by atoms with E-state index in [1.165, 1.54) is 64.2 Å². The maximum absolute atomic E-state index is 3.64. The van der Waals surface area contributed by atoms with Crippen molar-refractivity contribution in [2.24, 2.45) is 0 Å². The van der Waals surface area contributed by atoms with Crippen molar-refractivity contribution < 1.29 is 0 Å². The number of hydrogen-bond donors (Lipinski definition) is 0. The predicted molar refractivity (Wildman–Crippen MR) is 69.9 cm³/mol. The molecule has 0 aliphatic heterocycles. The third-order valence-corrected chi connectivity index (χ3v) is 2.82. The summed E-state index contributed by atoms with van der Waals surface area (Å²) in [7, 11) is 0. The highest BCUT2D eigenvalue weighted by Crippen LogP contribution is 2.16. The number of unbranched alkanes of at least 4 members (excludes halogenated alkanes) is 5. The molecule has 0 heteroatoms. The van der Waals surface area contributed by atoms with E-state index in [1.54, 1.807) is 5.57 Å². The standard InChI is InChI=1S/C15H29/c1-4-7-10-11-14-15(12-8-5-2)13-9-6-3/h4-13H2,1-3H3. The number of hydrogen-bond acceptors (Lipinski definition) is 0. The highest BCUT2D eigenvalue weighted by Gasteiger charge is 1.97. The first-order valence-corrected chi connectivity index (χ1v) is 6.93. The second-order valence-corrected chi connectivity index (χ2v) is 4.44. The van der Waals surface area contributed by atoms with Gasteiger partial charge >= 0.3 is 0 Å². The maximum Gasteiger partial charge on any atom is -0.0277 e. The van der Waals surface area contributed by atoms with Crippen LogP contribution in [-0.2, 0) is 0 Å². The summed E-state index contributed by atoms with van der Waals surface area (Å²) in [6, 6.07) is 0. The highest BCUT2D eigenvalue weighted by molar-refractivity contribution is 4.96. The van der Waals surface area contributed by atoms with Crippen molar-refractivity contribution in [3.05, 3.63) is 11.6 Å². The van der Waals surface area contributed by atoms with Crippen molar-refractivity contribution in [1.29, 1.82) is 0 Å². The smallest absolute Gasteiger partial charge is 0.0277 e. The van der Waals surface area contributed by atoms with Gasteiger partial charge in [-0.15, -0.1) is 0 Å². The summed E-state index contributed by atoms with van der Waals surface area (Å²) in [5, 5.41) is 0. The Morgan fingerprint density at radius 3 is 1.73 bits per heavy atom. The summed E-state index contributed by atoms with van der Waals surface area (Å²) in [6.07, 6.45) is 16.8. The van der Waals surface area contributed by atoms with Gasteiger partial charge in [0.25, 0.3) is 0 Å². The molecule has 0 aromatic carbocycles. The lowest BCUT2D eigenvalue weighted by Gasteiger charge is -2.05. The fourth-order valence-corrected chi connectivity index (χ4v) is 1.72. The molecule has 0 amide bonds. The van der Waals surface area contributed by atoms with Gasteiger partial charge in [0.15, 0.2) is 0 Å². The molecule has 0 saturated heterocycles. The van der Waals surface area contributed by atoms with Gasteiger partial charge in [0, 0.05) is 0 Å². The first-order valence-electron chi connectivity index (χ1n) is 6.93. The minimum atomic E-state index is 1.19. The molecule has 0 aliphatic rings. The quantitative estimate of drug-likeness (QED) is 0.406. The molecule has 0 nitrogen and oxygen atoms in total. The monoisotopic (exact) mass is 209 g/mol. The van der Waals surface area contributed by atoms with Gasteiger partial charge in [0.2, 0.25) is 0 Å². The van der Waals surface area contributed by atoms with Gasteiger partial charge in [-0.2, -0.15) is 0 Å². The molecule has 0 aromatic rings. The third kappa shape index (κ3) is 10.0. The van der Waals surface area contributed by atoms with Gasteiger partial charge in [-0.3, -0.25) is 0 Å². The molecule has 0 fully saturated rings. The van der Waals surface area contributed by atoms with E-state index in [0.29, 0.717) is 0 Å². The zero-order chi connectivity index (χ0) is 11.4. The topological polar surface area (TPSA) is 0 Å². The van der Waals surface area contributed by atoms with Gasteiger partial charge in [-0.05, 0) is 44.6 Å². The van der Waals surface area contributed by atoms with Crippen molar-refractivity contribution in [1.82, 2.24) is 0 Å². The predicted octanol–water partition coefficient (Wildman–Crippen LogP) is 5.68. The summed E-state index contributed by atoms with van der Waals surface area (Å²) in [6.45, 7) is 6.81. The maximum atomic E-state index is 3.64. The fourth-order valence-electron chi connectivity index (χ4n) is 1.72. The Bertz CT molecular complexity index is 134. The van der Waals surface area contributed by atoms with E-state index in [4.69, 9.17) is 0 Å². The number of allylic oxidation sites excluding steroid dienone is 2. The van der Waals surface area contributed by atoms with E-state index in [1.807, 2.05) is 0 Å². The zero-order valence-corrected chi connectivity index (χ0v) is 11.1. The van der Waals surface area contributed by atoms with E-state index < -0.39 is 0 Å². The van der Waals surface area contributed by atoms with Crippen molar-refractivity contribution in [2.45, 2.75) is 85.0 Å². The van der Waals surface area contributed by atoms with Crippen LogP contribution in [0, 0.1) is 6.08 Å². The van der Waals surface area contributed by atoms with Crippen LogP contribution in [0.5, 0.6) is 0 Å². The van der Waals surface area contributed by atoms with Crippen molar-refractivity contribution in [3.63, 3.8) is 0 Å². The zero-order valence-electron chi connectivity index (χ0n) is 11.1. The molecule has 0 atom stereocenters. The summed E-state index contributed by atoms with van der Waals surface area (Å²) >= 11 is 0. The van der Waals surface area contributed by atoms with E-state index in [9.17, 15) is 0 Å². The molecule has 0 heterocycles. The van der Waals surface area contributed by atoms with E-state index in [0.717, 1.165) is 0 Å². The van der Waals surface area contributed by atoms with Crippen molar-refractivity contribution in [2.75, 3.05) is 0 Å². The molecular formula is C15H29. The van der Waals surface area contributed by atoms with Crippen LogP contribution in [0.15, 0.2) is 5.57 Å².